The number of carbonyl (C=O) groups excluding carboxylic acids is 8. The molecule has 2 saturated heterocycles. The van der Waals surface area contributed by atoms with Gasteiger partial charge in [0.05, 0.1) is 34.7 Å². The van der Waals surface area contributed by atoms with Crippen LogP contribution in [0.4, 0.5) is 14.9 Å². The van der Waals surface area contributed by atoms with Crippen LogP contribution in [0.2, 0.25) is 0 Å². The monoisotopic (exact) mass is 1470 g/mol. The number of anilines is 1. The van der Waals surface area contributed by atoms with E-state index in [0.717, 1.165) is 0 Å². The highest BCUT2D eigenvalue weighted by Crippen LogP contribution is 2.42. The number of ether oxygens (including phenoxy) is 5. The first kappa shape index (κ1) is 71.9. The van der Waals surface area contributed by atoms with Crippen molar-refractivity contribution in [2.75, 3.05) is 25.0 Å². The standard InChI is InChI=1S/C60H65Br2FN8O25/c1-4-60(91)28-16-33-41-26(18-70(33)52(82)27(28)21-92-58(60)89)23(3)38-25(22(2)29(63)17-32(38)68-41)7-6-13-65-59(90)93-20-24-10-11-34(94-57-47(80)43(76)45(78)49(96-57)56(87)88)31(15-24)67-36(73)12-14-64-50(81)30(66-37(74)19-71-53(83)39(61)40(62)54(71)84)8-5-9-35(72)69-51-46(79)42(75)44(77)48(95-51)55(85)86/h10-11,15-17,30,42-49,51,57,75-80,91H,4-9,12-14,18-21H2,1-3H3,(H,64,81)(H,65,90)(H,66,74)(H,67,73)(H,69,72)(H,85,86)(H,87,88)/t30-,42-,43-,44-,45-,46+,47+,48-,49-,51-,57+,60-/m0/s1. The minimum absolute atomic E-state index is 0.00568. The van der Waals surface area contributed by atoms with Crippen molar-refractivity contribution in [2.45, 2.75) is 158 Å². The molecule has 14 N–H and O–H groups in total. The number of aryl methyl sites for hydroxylation is 2. The zero-order valence-corrected chi connectivity index (χ0v) is 54.1. The molecular formula is C60H65Br2FN8O25. The Hall–Kier alpha value is -8.43. The number of aromatic nitrogens is 2. The summed E-state index contributed by atoms with van der Waals surface area (Å²) in [5.41, 5.74) is 0.981. The third-order valence-electron chi connectivity index (χ3n) is 16.9. The summed E-state index contributed by atoms with van der Waals surface area (Å²) >= 11 is 5.89. The Morgan fingerprint density at radius 1 is 0.792 bits per heavy atom. The van der Waals surface area contributed by atoms with Crippen LogP contribution < -0.4 is 36.9 Å². The molecular weight excluding hydrogens is 1410 g/mol. The second kappa shape index (κ2) is 29.5. The van der Waals surface area contributed by atoms with Gasteiger partial charge >= 0.3 is 24.0 Å². The largest absolute Gasteiger partial charge is 0.479 e. The number of imide groups is 1. The molecule has 2 aromatic carbocycles. The number of pyridine rings is 2. The number of hydrogen-bond donors (Lipinski definition) is 14. The molecule has 0 aliphatic carbocycles. The Morgan fingerprint density at radius 3 is 2.12 bits per heavy atom. The number of esters is 1. The summed E-state index contributed by atoms with van der Waals surface area (Å²) in [4.78, 5) is 148. The predicted octanol–water partition coefficient (Wildman–Crippen LogP) is -1.56. The minimum Gasteiger partial charge on any atom is -0.479 e. The van der Waals surface area contributed by atoms with Crippen molar-refractivity contribution >= 4 is 108 Å². The Bertz CT molecular complexity index is 3940. The molecule has 2 aromatic heterocycles. The van der Waals surface area contributed by atoms with Crippen LogP contribution in [0.15, 0.2) is 44.1 Å². The highest BCUT2D eigenvalue weighted by atomic mass is 79.9. The van der Waals surface area contributed by atoms with Crippen LogP contribution in [-0.2, 0) is 93.9 Å². The summed E-state index contributed by atoms with van der Waals surface area (Å²) in [7, 11) is 0. The smallest absolute Gasteiger partial charge is 0.407 e. The number of benzene rings is 2. The maximum Gasteiger partial charge on any atom is 0.407 e. The minimum atomic E-state index is -2.10. The second-order valence-corrected chi connectivity index (χ2v) is 24.7. The van der Waals surface area contributed by atoms with Gasteiger partial charge in [0.1, 0.15) is 83.0 Å². The molecule has 36 heteroatoms. The predicted molar refractivity (Wildman–Crippen MR) is 328 cm³/mol. The Morgan fingerprint density at radius 2 is 1.46 bits per heavy atom. The van der Waals surface area contributed by atoms with Gasteiger partial charge in [-0.05, 0) is 118 Å². The first-order valence-corrected chi connectivity index (χ1v) is 31.4. The fourth-order valence-corrected chi connectivity index (χ4v) is 12.4. The van der Waals surface area contributed by atoms with E-state index in [0.29, 0.717) is 43.9 Å². The number of aliphatic hydroxyl groups is 7. The van der Waals surface area contributed by atoms with E-state index in [1.807, 2.05) is 6.92 Å². The molecule has 7 heterocycles. The average Bonchev–Trinajstić information content (AvgIpc) is 1.51. The first-order chi connectivity index (χ1) is 45.4. The summed E-state index contributed by atoms with van der Waals surface area (Å²) in [5, 5.41) is 105. The summed E-state index contributed by atoms with van der Waals surface area (Å²) in [6.45, 7) is 2.93. The molecule has 0 spiro atoms. The van der Waals surface area contributed by atoms with Gasteiger partial charge in [0, 0.05) is 48.5 Å². The molecule has 7 amide bonds. The molecule has 12 atom stereocenters. The summed E-state index contributed by atoms with van der Waals surface area (Å²) < 4.78 is 43.6. The van der Waals surface area contributed by atoms with Crippen molar-refractivity contribution in [1.82, 2.24) is 35.7 Å². The fourth-order valence-electron chi connectivity index (χ4n) is 11.6. The molecule has 4 aromatic rings. The molecule has 516 valence electrons. The Balaban J connectivity index is 0.844. The first-order valence-electron chi connectivity index (χ1n) is 29.8. The van der Waals surface area contributed by atoms with Gasteiger partial charge in [-0.15, -0.1) is 0 Å². The van der Waals surface area contributed by atoms with E-state index in [9.17, 15) is 98.7 Å². The van der Waals surface area contributed by atoms with E-state index in [1.54, 1.807) is 19.9 Å². The maximum atomic E-state index is 15.7. The molecule has 33 nitrogen and oxygen atoms in total. The van der Waals surface area contributed by atoms with Crippen LogP contribution in [0.25, 0.3) is 22.3 Å². The topological polar surface area (TPSA) is 497 Å². The molecule has 5 aliphatic rings. The van der Waals surface area contributed by atoms with Crippen LogP contribution in [-0.4, -0.2) is 207 Å². The van der Waals surface area contributed by atoms with Crippen LogP contribution in [0.1, 0.15) is 84.4 Å². The van der Waals surface area contributed by atoms with Gasteiger partial charge in [-0.1, -0.05) is 13.0 Å². The van der Waals surface area contributed by atoms with Crippen molar-refractivity contribution < 1.29 is 122 Å². The SMILES string of the molecule is CC[C@@]1(O)C(=O)OCc2c1cc1n(c2=O)Cc2c-1nc1cc(F)c(C)c(CCCNC(=O)OCc3ccc(O[C@@H]4O[C@H](C(=O)O)[C@@H](O)[C@H](O)[C@H]4O)c(NC(=O)CCNC(=O)[C@H](CCCC(=O)N[C@H]4O[C@H](C(=O)O)[C@@H](O)[C@H](O)[C@H]4O)NC(=O)CN4C(=O)C(Br)=C(Br)C4=O)c3)c1c2C. The van der Waals surface area contributed by atoms with Crippen molar-refractivity contribution in [1.29, 1.82) is 0 Å². The normalized spacial score (nSPS) is 24.7. The van der Waals surface area contributed by atoms with E-state index in [2.05, 4.69) is 58.4 Å². The van der Waals surface area contributed by atoms with Crippen LogP contribution >= 0.6 is 31.9 Å². The van der Waals surface area contributed by atoms with Crippen molar-refractivity contribution in [2.24, 2.45) is 0 Å². The fraction of sp³-hybridized carbons (Fsp3) is 0.467. The molecule has 0 unspecified atom stereocenters. The summed E-state index contributed by atoms with van der Waals surface area (Å²) in [6.07, 6.45) is -22.4. The average molecular weight is 1480 g/mol. The highest BCUT2D eigenvalue weighted by Gasteiger charge is 2.50. The number of hydrogen-bond acceptors (Lipinski definition) is 24. The van der Waals surface area contributed by atoms with E-state index in [-0.39, 0.29) is 94.4 Å². The lowest BCUT2D eigenvalue weighted by Crippen LogP contribution is -2.64. The van der Waals surface area contributed by atoms with Crippen molar-refractivity contribution in [3.63, 3.8) is 0 Å². The number of cyclic esters (lactones) is 1. The lowest BCUT2D eigenvalue weighted by Gasteiger charge is -2.38. The zero-order chi connectivity index (χ0) is 70.1. The van der Waals surface area contributed by atoms with Crippen LogP contribution in [0, 0.1) is 19.7 Å². The van der Waals surface area contributed by atoms with Gasteiger partial charge in [0.25, 0.3) is 17.4 Å². The highest BCUT2D eigenvalue weighted by molar-refractivity contribution is 9.14. The number of aliphatic hydroxyl groups excluding tert-OH is 6. The number of carboxylic acid groups (broad SMARTS) is 2. The third-order valence-corrected chi connectivity index (χ3v) is 18.9. The van der Waals surface area contributed by atoms with Crippen molar-refractivity contribution in [3.05, 3.63) is 94.4 Å². The lowest BCUT2D eigenvalue weighted by molar-refractivity contribution is -0.271. The molecule has 0 saturated carbocycles. The van der Waals surface area contributed by atoms with E-state index >= 15 is 4.39 Å². The molecule has 9 rings (SSSR count). The lowest BCUT2D eigenvalue weighted by atomic mass is 9.86. The number of aliphatic carboxylic acids is 2. The third kappa shape index (κ3) is 14.6. The van der Waals surface area contributed by atoms with Gasteiger partial charge < -0.3 is 101 Å². The molecule has 0 bridgehead atoms. The van der Waals surface area contributed by atoms with Gasteiger partial charge in [-0.25, -0.2) is 28.6 Å². The quantitative estimate of drug-likeness (QED) is 0.0189. The molecule has 96 heavy (non-hydrogen) atoms. The van der Waals surface area contributed by atoms with Gasteiger partial charge in [0.2, 0.25) is 29.9 Å². The molecule has 5 aliphatic heterocycles. The number of fused-ring (bicyclic) bond motifs is 5. The van der Waals surface area contributed by atoms with E-state index < -0.39 is 176 Å². The van der Waals surface area contributed by atoms with E-state index in [4.69, 9.17) is 28.7 Å². The number of alkyl carbamates (subject to hydrolysis) is 1. The molecule has 0 radical (unpaired) electrons. The number of carboxylic acids is 2. The Kier molecular flexibility index (Phi) is 22.1. The second-order valence-electron chi connectivity index (χ2n) is 23.1. The van der Waals surface area contributed by atoms with Crippen LogP contribution in [0.5, 0.6) is 5.75 Å². The number of halogens is 3. The van der Waals surface area contributed by atoms with E-state index in [1.165, 1.54) is 28.8 Å². The number of nitrogens with zero attached hydrogens (tertiary/aromatic N) is 3. The molecule has 2 fully saturated rings. The number of carbonyl (C=O) groups is 10. The Labute approximate surface area is 558 Å². The maximum absolute atomic E-state index is 15.7. The van der Waals surface area contributed by atoms with Gasteiger partial charge in [-0.2, -0.15) is 0 Å². The summed E-state index contributed by atoms with van der Waals surface area (Å²) in [6, 6.07) is 5.06. The summed E-state index contributed by atoms with van der Waals surface area (Å²) in [5.74, 6) is -10.8. The number of rotatable bonds is 24. The van der Waals surface area contributed by atoms with Crippen LogP contribution in [0.3, 0.4) is 0 Å². The number of amides is 7. The van der Waals surface area contributed by atoms with Gasteiger partial charge in [-0.3, -0.25) is 38.5 Å². The zero-order valence-electron chi connectivity index (χ0n) is 51.0. The van der Waals surface area contributed by atoms with Gasteiger partial charge in [0.15, 0.2) is 24.0 Å². The van der Waals surface area contributed by atoms with Crippen molar-refractivity contribution in [3.8, 4) is 17.1 Å². The number of nitrogens with one attached hydrogen (secondary N) is 5.